The number of ether oxygens (including phenoxy) is 1. The van der Waals surface area contributed by atoms with E-state index in [1.54, 1.807) is 0 Å². The number of benzene rings is 1. The van der Waals surface area contributed by atoms with E-state index in [1.807, 2.05) is 17.5 Å². The Morgan fingerprint density at radius 1 is 1.23 bits per heavy atom. The van der Waals surface area contributed by atoms with Crippen molar-refractivity contribution in [3.63, 3.8) is 0 Å². The van der Waals surface area contributed by atoms with Crippen molar-refractivity contribution in [1.29, 1.82) is 0 Å². The number of morpholine rings is 1. The monoisotopic (exact) mass is 374 g/mol. The molecule has 3 rings (SSSR count). The van der Waals surface area contributed by atoms with E-state index in [0.717, 1.165) is 43.4 Å². The van der Waals surface area contributed by atoms with Gasteiger partial charge >= 0.3 is 5.97 Å². The number of carboxylic acid groups (broad SMARTS) is 1. The van der Waals surface area contributed by atoms with Gasteiger partial charge in [-0.05, 0) is 11.6 Å². The Balaban J connectivity index is 1.62. The third kappa shape index (κ3) is 5.45. The molecule has 0 saturated carbocycles. The molecule has 1 aromatic heterocycles. The first-order chi connectivity index (χ1) is 12.6. The van der Waals surface area contributed by atoms with E-state index >= 15 is 0 Å². The van der Waals surface area contributed by atoms with E-state index in [4.69, 9.17) is 9.84 Å². The quantitative estimate of drug-likeness (QED) is 0.765. The molecule has 1 aliphatic heterocycles. The number of thiazole rings is 1. The molecular weight excluding hydrogens is 352 g/mol. The third-order valence-electron chi connectivity index (χ3n) is 4.23. The Bertz CT molecular complexity index is 768. The Morgan fingerprint density at radius 3 is 2.81 bits per heavy atom. The van der Waals surface area contributed by atoms with Gasteiger partial charge in [-0.25, -0.2) is 4.98 Å². The highest BCUT2D eigenvalue weighted by Gasteiger charge is 2.13. The largest absolute Gasteiger partial charge is 0.481 e. The van der Waals surface area contributed by atoms with Crippen molar-refractivity contribution in [2.75, 3.05) is 26.3 Å². The average Bonchev–Trinajstić information content (AvgIpc) is 3.09. The summed E-state index contributed by atoms with van der Waals surface area (Å²) in [5.74, 6) is -1.04. The second kappa shape index (κ2) is 9.02. The number of carboxylic acids is 1. The minimum atomic E-state index is -0.950. The van der Waals surface area contributed by atoms with E-state index < -0.39 is 5.97 Å². The van der Waals surface area contributed by atoms with Crippen LogP contribution in [0, 0.1) is 0 Å². The predicted octanol–water partition coefficient (Wildman–Crippen LogP) is 2.62. The molecule has 0 bridgehead atoms. The Hall–Kier alpha value is -2.09. The van der Waals surface area contributed by atoms with E-state index in [1.165, 1.54) is 16.9 Å². The van der Waals surface area contributed by atoms with Crippen LogP contribution < -0.4 is 0 Å². The van der Waals surface area contributed by atoms with Crippen molar-refractivity contribution >= 4 is 23.1 Å². The lowest BCUT2D eigenvalue weighted by molar-refractivity contribution is -0.138. The van der Waals surface area contributed by atoms with Crippen LogP contribution in [0.1, 0.15) is 24.1 Å². The molecule has 6 nitrogen and oxygen atoms in total. The highest BCUT2D eigenvalue weighted by molar-refractivity contribution is 7.13. The zero-order valence-electron chi connectivity index (χ0n) is 14.5. The normalized spacial score (nSPS) is 15.1. The first kappa shape index (κ1) is 18.7. The van der Waals surface area contributed by atoms with Crippen molar-refractivity contribution in [3.8, 4) is 10.6 Å². The summed E-state index contributed by atoms with van der Waals surface area (Å²) in [6, 6.07) is 8.31. The number of rotatable bonds is 8. The van der Waals surface area contributed by atoms with Gasteiger partial charge in [0.2, 0.25) is 0 Å². The topological polar surface area (TPSA) is 79.7 Å². The van der Waals surface area contributed by atoms with Crippen molar-refractivity contribution < 1.29 is 19.4 Å². The minimum Gasteiger partial charge on any atom is -0.481 e. The van der Waals surface area contributed by atoms with Crippen molar-refractivity contribution in [2.45, 2.75) is 25.8 Å². The number of carbonyl (C=O) groups excluding carboxylic acids is 1. The minimum absolute atomic E-state index is 0.0528. The number of nitrogens with zero attached hydrogens (tertiary/aromatic N) is 2. The fourth-order valence-corrected chi connectivity index (χ4v) is 3.69. The lowest BCUT2D eigenvalue weighted by Crippen LogP contribution is -2.35. The molecule has 1 saturated heterocycles. The summed E-state index contributed by atoms with van der Waals surface area (Å²) < 4.78 is 5.39. The van der Waals surface area contributed by atoms with E-state index in [0.29, 0.717) is 5.69 Å². The molecule has 1 aromatic carbocycles. The summed E-state index contributed by atoms with van der Waals surface area (Å²) >= 11 is 1.51. The van der Waals surface area contributed by atoms with Gasteiger partial charge in [-0.1, -0.05) is 18.2 Å². The van der Waals surface area contributed by atoms with Gasteiger partial charge in [0, 0.05) is 43.4 Å². The molecule has 0 amide bonds. The highest BCUT2D eigenvalue weighted by Crippen LogP contribution is 2.25. The molecule has 1 N–H and O–H groups in total. The lowest BCUT2D eigenvalue weighted by Gasteiger charge is -2.26. The number of aliphatic carboxylic acids is 1. The van der Waals surface area contributed by atoms with Crippen molar-refractivity contribution in [2.24, 2.45) is 0 Å². The number of ketones is 1. The summed E-state index contributed by atoms with van der Waals surface area (Å²) in [7, 11) is 0. The second-order valence-electron chi connectivity index (χ2n) is 6.34. The molecule has 7 heteroatoms. The molecule has 2 aromatic rings. The molecule has 0 spiro atoms. The molecule has 26 heavy (non-hydrogen) atoms. The standard InChI is InChI=1S/C19H22N2O4S/c22-17(4-5-18(23)24)11-16-13-26-19(20-16)15-3-1-2-14(10-15)12-21-6-8-25-9-7-21/h1-3,10,13H,4-9,11-12H2,(H,23,24). The lowest BCUT2D eigenvalue weighted by atomic mass is 10.1. The summed E-state index contributed by atoms with van der Waals surface area (Å²) in [6.45, 7) is 4.36. The van der Waals surface area contributed by atoms with Crippen LogP contribution in [0.5, 0.6) is 0 Å². The van der Waals surface area contributed by atoms with Gasteiger partial charge in [0.25, 0.3) is 0 Å². The average molecular weight is 374 g/mol. The summed E-state index contributed by atoms with van der Waals surface area (Å²) in [6.07, 6.45) is 0.119. The van der Waals surface area contributed by atoms with Gasteiger partial charge < -0.3 is 9.84 Å². The summed E-state index contributed by atoms with van der Waals surface area (Å²) in [4.78, 5) is 29.3. The van der Waals surface area contributed by atoms with E-state index in [-0.39, 0.29) is 25.0 Å². The smallest absolute Gasteiger partial charge is 0.303 e. The van der Waals surface area contributed by atoms with Crippen molar-refractivity contribution in [1.82, 2.24) is 9.88 Å². The van der Waals surface area contributed by atoms with Crippen molar-refractivity contribution in [3.05, 3.63) is 40.9 Å². The molecule has 0 unspecified atom stereocenters. The molecule has 0 aliphatic carbocycles. The SMILES string of the molecule is O=C(O)CCC(=O)Cc1csc(-c2cccc(CN3CCOCC3)c2)n1. The van der Waals surface area contributed by atoms with Crippen LogP contribution in [0.3, 0.4) is 0 Å². The maximum Gasteiger partial charge on any atom is 0.303 e. The van der Waals surface area contributed by atoms with Crippen LogP contribution in [0.4, 0.5) is 0 Å². The van der Waals surface area contributed by atoms with Gasteiger partial charge in [-0.3, -0.25) is 14.5 Å². The number of aromatic nitrogens is 1. The number of carbonyl (C=O) groups is 2. The van der Waals surface area contributed by atoms with E-state index in [2.05, 4.69) is 22.0 Å². The van der Waals surface area contributed by atoms with Crippen LogP contribution >= 0.6 is 11.3 Å². The van der Waals surface area contributed by atoms with E-state index in [9.17, 15) is 9.59 Å². The molecule has 0 atom stereocenters. The fraction of sp³-hybridized carbons (Fsp3) is 0.421. The van der Waals surface area contributed by atoms with Crippen LogP contribution in [-0.2, 0) is 27.3 Å². The molecule has 1 fully saturated rings. The molecule has 0 radical (unpaired) electrons. The molecular formula is C19H22N2O4S. The van der Waals surface area contributed by atoms with Gasteiger partial charge in [0.1, 0.15) is 10.8 Å². The number of hydrogen-bond acceptors (Lipinski definition) is 6. The van der Waals surface area contributed by atoms with Gasteiger partial charge in [-0.15, -0.1) is 11.3 Å². The third-order valence-corrected chi connectivity index (χ3v) is 5.17. The van der Waals surface area contributed by atoms with Crippen LogP contribution in [0.15, 0.2) is 29.6 Å². The number of hydrogen-bond donors (Lipinski definition) is 1. The Labute approximate surface area is 156 Å². The zero-order chi connectivity index (χ0) is 18.4. The summed E-state index contributed by atoms with van der Waals surface area (Å²) in [5.41, 5.74) is 2.99. The Morgan fingerprint density at radius 2 is 2.04 bits per heavy atom. The van der Waals surface area contributed by atoms with Gasteiger partial charge in [-0.2, -0.15) is 0 Å². The first-order valence-corrected chi connectivity index (χ1v) is 9.55. The molecule has 1 aliphatic rings. The number of Topliss-reactive ketones (excluding diaryl/α,β-unsaturated/α-hetero) is 1. The zero-order valence-corrected chi connectivity index (χ0v) is 15.3. The predicted molar refractivity (Wildman–Crippen MR) is 99.2 cm³/mol. The molecule has 138 valence electrons. The van der Waals surface area contributed by atoms with Crippen LogP contribution in [0.2, 0.25) is 0 Å². The first-order valence-electron chi connectivity index (χ1n) is 8.67. The fourth-order valence-electron chi connectivity index (χ4n) is 2.88. The van der Waals surface area contributed by atoms with Gasteiger partial charge in [0.15, 0.2) is 0 Å². The summed E-state index contributed by atoms with van der Waals surface area (Å²) in [5, 5.41) is 11.4. The van der Waals surface area contributed by atoms with Crippen LogP contribution in [0.25, 0.3) is 10.6 Å². The second-order valence-corrected chi connectivity index (χ2v) is 7.20. The maximum atomic E-state index is 11.8. The molecule has 2 heterocycles. The van der Waals surface area contributed by atoms with Gasteiger partial charge in [0.05, 0.1) is 25.3 Å². The Kier molecular flexibility index (Phi) is 6.49. The van der Waals surface area contributed by atoms with Crippen LogP contribution in [-0.4, -0.2) is 53.0 Å². The maximum absolute atomic E-state index is 11.8. The highest BCUT2D eigenvalue weighted by atomic mass is 32.1.